The van der Waals surface area contributed by atoms with Crippen LogP contribution in [0.15, 0.2) is 16.3 Å². The van der Waals surface area contributed by atoms with E-state index in [0.717, 1.165) is 11.3 Å². The number of hydrogen-bond acceptors (Lipinski definition) is 5. The maximum atomic E-state index is 10.9. The Hall–Kier alpha value is -0.790. The minimum Gasteiger partial charge on any atom is -0.479 e. The minimum absolute atomic E-state index is 0.0117. The van der Waals surface area contributed by atoms with E-state index in [0.29, 0.717) is 0 Å². The fourth-order valence-electron chi connectivity index (χ4n) is 0.697. The molecule has 0 atom stereocenters. The molecule has 0 bridgehead atoms. The van der Waals surface area contributed by atoms with Crippen molar-refractivity contribution in [3.8, 4) is 5.06 Å². The summed E-state index contributed by atoms with van der Waals surface area (Å²) in [5, 5.41) is 9.74. The summed E-state index contributed by atoms with van der Waals surface area (Å²) < 4.78 is 26.5. The molecule has 5 nitrogen and oxygen atoms in total. The zero-order chi connectivity index (χ0) is 10.8. The molecule has 0 aliphatic carbocycles. The predicted molar refractivity (Wildman–Crippen MR) is 50.5 cm³/mol. The van der Waals surface area contributed by atoms with Gasteiger partial charge in [-0.1, -0.05) is 0 Å². The van der Waals surface area contributed by atoms with Gasteiger partial charge in [-0.15, -0.1) is 11.3 Å². The normalized spacial score (nSPS) is 11.2. The van der Waals surface area contributed by atoms with Crippen LogP contribution in [-0.2, 0) is 13.8 Å². The second-order valence-electron chi connectivity index (χ2n) is 2.19. The van der Waals surface area contributed by atoms with Crippen molar-refractivity contribution < 1.29 is 23.1 Å². The van der Waals surface area contributed by atoms with Crippen molar-refractivity contribution in [3.05, 3.63) is 11.4 Å². The smallest absolute Gasteiger partial charge is 0.341 e. The van der Waals surface area contributed by atoms with E-state index in [9.17, 15) is 13.2 Å². The van der Waals surface area contributed by atoms with Crippen LogP contribution in [0.25, 0.3) is 0 Å². The Morgan fingerprint density at radius 3 is 2.79 bits per heavy atom. The lowest BCUT2D eigenvalue weighted by Crippen LogP contribution is -2.09. The summed E-state index contributed by atoms with van der Waals surface area (Å²) in [4.78, 5) is 9.95. The highest BCUT2D eigenvalue weighted by molar-refractivity contribution is 8.14. The number of halogens is 1. The molecule has 8 heteroatoms. The summed E-state index contributed by atoms with van der Waals surface area (Å²) in [6.45, 7) is -0.597. The Morgan fingerprint density at radius 2 is 2.29 bits per heavy atom. The van der Waals surface area contributed by atoms with E-state index in [1.807, 2.05) is 0 Å². The highest BCUT2D eigenvalue weighted by Gasteiger charge is 2.18. The zero-order valence-corrected chi connectivity index (χ0v) is 9.03. The molecule has 0 aliphatic heterocycles. The van der Waals surface area contributed by atoms with Gasteiger partial charge < -0.3 is 9.84 Å². The Balaban J connectivity index is 2.89. The highest BCUT2D eigenvalue weighted by Crippen LogP contribution is 2.32. The fourth-order valence-corrected chi connectivity index (χ4v) is 2.89. The first-order valence-corrected chi connectivity index (χ1v) is 6.47. The Kier molecular flexibility index (Phi) is 3.35. The predicted octanol–water partition coefficient (Wildman–Crippen LogP) is 1.14. The Labute approximate surface area is 88.3 Å². The first kappa shape index (κ1) is 11.3. The molecule has 0 spiro atoms. The van der Waals surface area contributed by atoms with Crippen molar-refractivity contribution in [2.24, 2.45) is 0 Å². The molecular formula is C6H5ClO5S2. The maximum absolute atomic E-state index is 10.9. The van der Waals surface area contributed by atoms with E-state index in [1.54, 1.807) is 0 Å². The minimum atomic E-state index is -3.87. The molecule has 1 aromatic rings. The second-order valence-corrected chi connectivity index (χ2v) is 5.61. The molecule has 0 saturated heterocycles. The second kappa shape index (κ2) is 4.16. The zero-order valence-electron chi connectivity index (χ0n) is 6.64. The van der Waals surface area contributed by atoms with Crippen LogP contribution in [0.2, 0.25) is 0 Å². The third-order valence-electron chi connectivity index (χ3n) is 1.19. The van der Waals surface area contributed by atoms with Crippen LogP contribution in [-0.4, -0.2) is 26.1 Å². The average Bonchev–Trinajstić information content (AvgIpc) is 2.46. The molecule has 0 amide bonds. The topological polar surface area (TPSA) is 80.7 Å². The summed E-state index contributed by atoms with van der Waals surface area (Å²) >= 11 is 0.969. The third-order valence-corrected chi connectivity index (χ3v) is 3.48. The lowest BCUT2D eigenvalue weighted by atomic mass is 10.6. The summed E-state index contributed by atoms with van der Waals surface area (Å²) in [5.41, 5.74) is 0. The SMILES string of the molecule is O=C(O)COc1sccc1S(=O)(=O)Cl. The lowest BCUT2D eigenvalue weighted by Gasteiger charge is -2.00. The number of carboxylic acids is 1. The van der Waals surface area contributed by atoms with Crippen LogP contribution in [0.3, 0.4) is 0 Å². The number of carboxylic acid groups (broad SMARTS) is 1. The van der Waals surface area contributed by atoms with E-state index >= 15 is 0 Å². The number of rotatable bonds is 4. The monoisotopic (exact) mass is 256 g/mol. The highest BCUT2D eigenvalue weighted by atomic mass is 35.7. The van der Waals surface area contributed by atoms with Crippen molar-refractivity contribution in [1.82, 2.24) is 0 Å². The Bertz CT molecular complexity index is 435. The van der Waals surface area contributed by atoms with Gasteiger partial charge in [-0.2, -0.15) is 0 Å². The molecule has 0 fully saturated rings. The first-order valence-electron chi connectivity index (χ1n) is 3.28. The van der Waals surface area contributed by atoms with Gasteiger partial charge in [0.2, 0.25) is 0 Å². The Morgan fingerprint density at radius 1 is 1.64 bits per heavy atom. The molecule has 1 rings (SSSR count). The van der Waals surface area contributed by atoms with Gasteiger partial charge in [0.05, 0.1) is 0 Å². The van der Waals surface area contributed by atoms with Gasteiger partial charge in [0.15, 0.2) is 11.7 Å². The molecular weight excluding hydrogens is 252 g/mol. The first-order chi connectivity index (χ1) is 6.41. The van der Waals surface area contributed by atoms with Gasteiger partial charge in [0.25, 0.3) is 9.05 Å². The van der Waals surface area contributed by atoms with Gasteiger partial charge >= 0.3 is 5.97 Å². The van der Waals surface area contributed by atoms with Crippen LogP contribution in [0.5, 0.6) is 5.06 Å². The lowest BCUT2D eigenvalue weighted by molar-refractivity contribution is -0.139. The van der Waals surface area contributed by atoms with Crippen molar-refractivity contribution in [1.29, 1.82) is 0 Å². The summed E-state index contributed by atoms with van der Waals surface area (Å²) in [6, 6.07) is 1.25. The van der Waals surface area contributed by atoms with E-state index in [2.05, 4.69) is 0 Å². The molecule has 1 aromatic heterocycles. The molecule has 1 heterocycles. The molecule has 0 aliphatic rings. The largest absolute Gasteiger partial charge is 0.479 e. The van der Waals surface area contributed by atoms with Gasteiger partial charge in [-0.3, -0.25) is 0 Å². The third kappa shape index (κ3) is 2.86. The molecule has 0 unspecified atom stereocenters. The van der Waals surface area contributed by atoms with E-state index in [1.165, 1.54) is 11.4 Å². The number of ether oxygens (including phenoxy) is 1. The summed E-state index contributed by atoms with van der Waals surface area (Å²) in [6.07, 6.45) is 0. The maximum Gasteiger partial charge on any atom is 0.341 e. The van der Waals surface area contributed by atoms with Crippen LogP contribution < -0.4 is 4.74 Å². The molecule has 0 saturated carbocycles. The quantitative estimate of drug-likeness (QED) is 0.817. The van der Waals surface area contributed by atoms with Crippen LogP contribution in [0, 0.1) is 0 Å². The van der Waals surface area contributed by atoms with Crippen molar-refractivity contribution in [2.75, 3.05) is 6.61 Å². The van der Waals surface area contributed by atoms with Crippen LogP contribution in [0.1, 0.15) is 0 Å². The van der Waals surface area contributed by atoms with Gasteiger partial charge in [-0.25, -0.2) is 13.2 Å². The summed E-state index contributed by atoms with van der Waals surface area (Å²) in [5.74, 6) is -1.18. The molecule has 78 valence electrons. The fraction of sp³-hybridized carbons (Fsp3) is 0.167. The standard InChI is InChI=1S/C6H5ClO5S2/c7-14(10,11)4-1-2-13-6(4)12-3-5(8)9/h1-2H,3H2,(H,8,9). The van der Waals surface area contributed by atoms with E-state index in [-0.39, 0.29) is 9.96 Å². The number of thiophene rings is 1. The van der Waals surface area contributed by atoms with Gasteiger partial charge in [0, 0.05) is 10.7 Å². The average molecular weight is 257 g/mol. The number of aliphatic carboxylic acids is 1. The number of carbonyl (C=O) groups is 1. The van der Waals surface area contributed by atoms with Crippen molar-refractivity contribution in [3.63, 3.8) is 0 Å². The van der Waals surface area contributed by atoms with Crippen molar-refractivity contribution in [2.45, 2.75) is 4.90 Å². The molecule has 1 N–H and O–H groups in total. The number of hydrogen-bond donors (Lipinski definition) is 1. The molecule has 14 heavy (non-hydrogen) atoms. The van der Waals surface area contributed by atoms with Crippen LogP contribution in [0.4, 0.5) is 0 Å². The van der Waals surface area contributed by atoms with E-state index in [4.69, 9.17) is 20.5 Å². The van der Waals surface area contributed by atoms with Crippen molar-refractivity contribution >= 4 is 37.0 Å². The molecule has 0 radical (unpaired) electrons. The van der Waals surface area contributed by atoms with Crippen LogP contribution >= 0.6 is 22.0 Å². The molecule has 0 aromatic carbocycles. The van der Waals surface area contributed by atoms with Gasteiger partial charge in [-0.05, 0) is 11.4 Å². The van der Waals surface area contributed by atoms with Gasteiger partial charge in [0.1, 0.15) is 4.90 Å². The summed E-state index contributed by atoms with van der Waals surface area (Å²) in [7, 11) is 1.20. The van der Waals surface area contributed by atoms with E-state index < -0.39 is 21.6 Å².